The monoisotopic (exact) mass is 356 g/mol. The molecule has 0 amide bonds. The molecule has 0 saturated carbocycles. The highest BCUT2D eigenvalue weighted by atomic mass is 16.5. The van der Waals surface area contributed by atoms with Gasteiger partial charge in [-0.05, 0) is 23.1 Å². The van der Waals surface area contributed by atoms with Crippen molar-refractivity contribution in [2.24, 2.45) is 5.92 Å². The van der Waals surface area contributed by atoms with Gasteiger partial charge in [0, 0.05) is 5.92 Å². The second-order valence-electron chi connectivity index (χ2n) is 7.04. The van der Waals surface area contributed by atoms with Crippen LogP contribution in [0.1, 0.15) is 23.1 Å². The van der Waals surface area contributed by atoms with Gasteiger partial charge >= 0.3 is 0 Å². The first-order chi connectivity index (χ1) is 13.3. The standard InChI is InChI=1S/C25H24O2/c26-24-17-16-20(18-24)19-27-25(21-10-4-1-5-11-21,22-12-6-2-7-13-22)23-14-8-3-9-15-23/h1-17,20,24,26H,18-19H2/t20-,24+/m0/s1. The average Bonchev–Trinajstić information content (AvgIpc) is 3.16. The van der Waals surface area contributed by atoms with Crippen LogP contribution in [0.3, 0.4) is 0 Å². The highest BCUT2D eigenvalue weighted by molar-refractivity contribution is 5.47. The van der Waals surface area contributed by atoms with E-state index in [0.29, 0.717) is 13.0 Å². The Hall–Kier alpha value is -2.68. The first-order valence-corrected chi connectivity index (χ1v) is 9.46. The summed E-state index contributed by atoms with van der Waals surface area (Å²) in [5.41, 5.74) is 2.62. The van der Waals surface area contributed by atoms with Crippen LogP contribution < -0.4 is 0 Å². The van der Waals surface area contributed by atoms with Gasteiger partial charge in [0.2, 0.25) is 0 Å². The zero-order valence-corrected chi connectivity index (χ0v) is 15.2. The van der Waals surface area contributed by atoms with Crippen LogP contribution in [0.15, 0.2) is 103 Å². The molecule has 0 radical (unpaired) electrons. The predicted octanol–water partition coefficient (Wildman–Crippen LogP) is 4.93. The molecule has 2 atom stereocenters. The van der Waals surface area contributed by atoms with Crippen LogP contribution in [-0.4, -0.2) is 17.8 Å². The van der Waals surface area contributed by atoms with Crippen molar-refractivity contribution < 1.29 is 9.84 Å². The maximum Gasteiger partial charge on any atom is 0.143 e. The van der Waals surface area contributed by atoms with Gasteiger partial charge in [-0.15, -0.1) is 0 Å². The Morgan fingerprint density at radius 1 is 0.704 bits per heavy atom. The summed E-state index contributed by atoms with van der Waals surface area (Å²) in [5, 5.41) is 9.84. The molecule has 0 fully saturated rings. The van der Waals surface area contributed by atoms with E-state index in [1.807, 2.05) is 24.3 Å². The summed E-state index contributed by atoms with van der Waals surface area (Å²) in [6, 6.07) is 31.2. The number of aliphatic hydroxyl groups excluding tert-OH is 1. The van der Waals surface area contributed by atoms with Crippen molar-refractivity contribution in [2.45, 2.75) is 18.1 Å². The summed E-state index contributed by atoms with van der Waals surface area (Å²) in [6.07, 6.45) is 4.28. The molecule has 1 aliphatic carbocycles. The smallest absolute Gasteiger partial charge is 0.143 e. The Balaban J connectivity index is 1.83. The number of rotatable bonds is 6. The largest absolute Gasteiger partial charge is 0.389 e. The lowest BCUT2D eigenvalue weighted by Crippen LogP contribution is -2.34. The van der Waals surface area contributed by atoms with Gasteiger partial charge in [-0.1, -0.05) is 103 Å². The number of hydrogen-bond donors (Lipinski definition) is 1. The van der Waals surface area contributed by atoms with E-state index >= 15 is 0 Å². The molecule has 0 aliphatic heterocycles. The zero-order chi connectivity index (χ0) is 18.5. The van der Waals surface area contributed by atoms with Crippen molar-refractivity contribution in [1.82, 2.24) is 0 Å². The fourth-order valence-electron chi connectivity index (χ4n) is 3.88. The SMILES string of the molecule is O[C@@H]1C=C[C@H](COC(c2ccccc2)(c2ccccc2)c2ccccc2)C1. The minimum absolute atomic E-state index is 0.218. The Morgan fingerprint density at radius 2 is 1.15 bits per heavy atom. The van der Waals surface area contributed by atoms with Gasteiger partial charge in [0.1, 0.15) is 5.60 Å². The van der Waals surface area contributed by atoms with Crippen LogP contribution in [-0.2, 0) is 10.3 Å². The number of hydrogen-bond acceptors (Lipinski definition) is 2. The molecule has 0 saturated heterocycles. The summed E-state index contributed by atoms with van der Waals surface area (Å²) < 4.78 is 6.76. The summed E-state index contributed by atoms with van der Waals surface area (Å²) >= 11 is 0. The third-order valence-corrected chi connectivity index (χ3v) is 5.20. The third-order valence-electron chi connectivity index (χ3n) is 5.20. The van der Waals surface area contributed by atoms with Crippen LogP contribution in [0.5, 0.6) is 0 Å². The third kappa shape index (κ3) is 3.59. The molecule has 136 valence electrons. The van der Waals surface area contributed by atoms with Crippen molar-refractivity contribution in [3.05, 3.63) is 120 Å². The van der Waals surface area contributed by atoms with Gasteiger partial charge in [-0.3, -0.25) is 0 Å². The van der Waals surface area contributed by atoms with Crippen LogP contribution in [0, 0.1) is 5.92 Å². The molecule has 0 heterocycles. The van der Waals surface area contributed by atoms with Crippen molar-refractivity contribution >= 4 is 0 Å². The van der Waals surface area contributed by atoms with E-state index in [2.05, 4.69) is 78.9 Å². The molecule has 1 N–H and O–H groups in total. The molecule has 4 rings (SSSR count). The van der Waals surface area contributed by atoms with E-state index < -0.39 is 5.60 Å². The van der Waals surface area contributed by atoms with Crippen molar-refractivity contribution in [3.8, 4) is 0 Å². The Labute approximate surface area is 160 Å². The highest BCUT2D eigenvalue weighted by Crippen LogP contribution is 2.41. The number of benzene rings is 3. The van der Waals surface area contributed by atoms with E-state index in [-0.39, 0.29) is 12.0 Å². The Kier molecular flexibility index (Phi) is 5.19. The van der Waals surface area contributed by atoms with Crippen molar-refractivity contribution in [3.63, 3.8) is 0 Å². The molecule has 1 aliphatic rings. The zero-order valence-electron chi connectivity index (χ0n) is 15.2. The van der Waals surface area contributed by atoms with E-state index in [4.69, 9.17) is 4.74 Å². The summed E-state index contributed by atoms with van der Waals surface area (Å²) in [7, 11) is 0. The quantitative estimate of drug-likeness (QED) is 0.501. The summed E-state index contributed by atoms with van der Waals surface area (Å²) in [5.74, 6) is 0.218. The maximum atomic E-state index is 9.84. The van der Waals surface area contributed by atoms with Crippen molar-refractivity contribution in [2.75, 3.05) is 6.61 Å². The molecule has 27 heavy (non-hydrogen) atoms. The fourth-order valence-corrected chi connectivity index (χ4v) is 3.88. The molecule has 0 bridgehead atoms. The molecule has 3 aromatic rings. The van der Waals surface area contributed by atoms with Gasteiger partial charge in [-0.25, -0.2) is 0 Å². The summed E-state index contributed by atoms with van der Waals surface area (Å²) in [6.45, 7) is 0.548. The first-order valence-electron chi connectivity index (χ1n) is 9.46. The highest BCUT2D eigenvalue weighted by Gasteiger charge is 2.38. The second kappa shape index (κ2) is 7.91. The van der Waals surface area contributed by atoms with Gasteiger partial charge in [-0.2, -0.15) is 0 Å². The van der Waals surface area contributed by atoms with E-state index in [1.54, 1.807) is 0 Å². The van der Waals surface area contributed by atoms with Gasteiger partial charge < -0.3 is 9.84 Å². The van der Waals surface area contributed by atoms with Gasteiger partial charge in [0.05, 0.1) is 12.7 Å². The molecular formula is C25H24O2. The van der Waals surface area contributed by atoms with E-state index in [9.17, 15) is 5.11 Å². The molecule has 0 unspecified atom stereocenters. The molecular weight excluding hydrogens is 332 g/mol. The molecule has 0 aromatic heterocycles. The van der Waals surface area contributed by atoms with Crippen LogP contribution in [0.2, 0.25) is 0 Å². The first kappa shape index (κ1) is 17.7. The normalized spacial score (nSPS) is 19.3. The number of aliphatic hydroxyl groups is 1. The van der Waals surface area contributed by atoms with Gasteiger partial charge in [0.15, 0.2) is 0 Å². The lowest BCUT2D eigenvalue weighted by molar-refractivity contribution is -0.00393. The average molecular weight is 356 g/mol. The van der Waals surface area contributed by atoms with E-state index in [0.717, 1.165) is 16.7 Å². The minimum Gasteiger partial charge on any atom is -0.389 e. The van der Waals surface area contributed by atoms with Crippen LogP contribution >= 0.6 is 0 Å². The molecule has 2 heteroatoms. The number of ether oxygens (including phenoxy) is 1. The maximum absolute atomic E-state index is 9.84. The predicted molar refractivity (Wildman–Crippen MR) is 108 cm³/mol. The van der Waals surface area contributed by atoms with Crippen LogP contribution in [0.25, 0.3) is 0 Å². The van der Waals surface area contributed by atoms with Gasteiger partial charge in [0.25, 0.3) is 0 Å². The lowest BCUT2D eigenvalue weighted by atomic mass is 9.80. The molecule has 2 nitrogen and oxygen atoms in total. The fraction of sp³-hybridized carbons (Fsp3) is 0.200. The Morgan fingerprint density at radius 3 is 1.52 bits per heavy atom. The topological polar surface area (TPSA) is 29.5 Å². The van der Waals surface area contributed by atoms with Crippen LogP contribution in [0.4, 0.5) is 0 Å². The van der Waals surface area contributed by atoms with E-state index in [1.165, 1.54) is 0 Å². The molecule has 0 spiro atoms. The second-order valence-corrected chi connectivity index (χ2v) is 7.04. The molecule has 3 aromatic carbocycles. The lowest BCUT2D eigenvalue weighted by Gasteiger charge is -2.36. The summed E-state index contributed by atoms with van der Waals surface area (Å²) in [4.78, 5) is 0. The Bertz CT molecular complexity index is 775. The minimum atomic E-state index is -0.689. The van der Waals surface area contributed by atoms with Crippen molar-refractivity contribution in [1.29, 1.82) is 0 Å².